The molecule has 0 amide bonds. The Bertz CT molecular complexity index is 462. The van der Waals surface area contributed by atoms with Gasteiger partial charge in [0.05, 0.1) is 6.10 Å². The van der Waals surface area contributed by atoms with E-state index < -0.39 is 6.10 Å². The van der Waals surface area contributed by atoms with Crippen LogP contribution in [0.3, 0.4) is 0 Å². The van der Waals surface area contributed by atoms with E-state index in [2.05, 4.69) is 25.9 Å². The normalized spacial score (nSPS) is 12.4. The van der Waals surface area contributed by atoms with Crippen LogP contribution in [0.25, 0.3) is 0 Å². The first-order valence-corrected chi connectivity index (χ1v) is 5.72. The molecular weight excluding hydrogens is 268 g/mol. The van der Waals surface area contributed by atoms with Crippen molar-refractivity contribution in [2.45, 2.75) is 12.5 Å². The molecule has 2 aromatic heterocycles. The molecule has 0 aliphatic heterocycles. The van der Waals surface area contributed by atoms with Gasteiger partial charge >= 0.3 is 0 Å². The van der Waals surface area contributed by atoms with Crippen molar-refractivity contribution in [2.75, 3.05) is 0 Å². The number of pyridine rings is 2. The molecule has 0 bridgehead atoms. The molecule has 0 spiro atoms. The van der Waals surface area contributed by atoms with Gasteiger partial charge < -0.3 is 5.11 Å². The van der Waals surface area contributed by atoms with E-state index in [-0.39, 0.29) is 0 Å². The van der Waals surface area contributed by atoms with Crippen molar-refractivity contribution < 1.29 is 5.11 Å². The number of nitrogens with zero attached hydrogens (tertiary/aromatic N) is 2. The maximum absolute atomic E-state index is 9.98. The van der Waals surface area contributed by atoms with Gasteiger partial charge in [-0.1, -0.05) is 6.07 Å². The fourth-order valence-corrected chi connectivity index (χ4v) is 1.89. The Morgan fingerprint density at radius 1 is 1.25 bits per heavy atom. The molecule has 4 heteroatoms. The Kier molecular flexibility index (Phi) is 3.64. The Labute approximate surface area is 102 Å². The molecule has 0 radical (unpaired) electrons. The van der Waals surface area contributed by atoms with Crippen molar-refractivity contribution in [2.24, 2.45) is 0 Å². The molecule has 2 rings (SSSR count). The molecule has 82 valence electrons. The highest BCUT2D eigenvalue weighted by Gasteiger charge is 2.08. The lowest BCUT2D eigenvalue weighted by molar-refractivity contribution is 0.178. The molecule has 2 aromatic rings. The van der Waals surface area contributed by atoms with Crippen molar-refractivity contribution in [3.8, 4) is 0 Å². The predicted octanol–water partition coefficient (Wildman–Crippen LogP) is 2.52. The van der Waals surface area contributed by atoms with Gasteiger partial charge in [0.2, 0.25) is 0 Å². The second-order valence-electron chi connectivity index (χ2n) is 3.52. The molecule has 0 aliphatic carbocycles. The lowest BCUT2D eigenvalue weighted by Gasteiger charge is -2.10. The average Bonchev–Trinajstić information content (AvgIpc) is 2.30. The lowest BCUT2D eigenvalue weighted by atomic mass is 10.0. The largest absolute Gasteiger partial charge is 0.388 e. The second kappa shape index (κ2) is 5.18. The van der Waals surface area contributed by atoms with Gasteiger partial charge in [-0.05, 0) is 39.2 Å². The van der Waals surface area contributed by atoms with Crippen LogP contribution in [-0.2, 0) is 6.42 Å². The molecule has 1 N–H and O–H groups in total. The molecule has 0 saturated carbocycles. The van der Waals surface area contributed by atoms with Gasteiger partial charge in [0.15, 0.2) is 0 Å². The average molecular weight is 279 g/mol. The molecular formula is C12H11BrN2O. The van der Waals surface area contributed by atoms with Gasteiger partial charge in [0.1, 0.15) is 0 Å². The number of rotatable bonds is 3. The third-order valence-electron chi connectivity index (χ3n) is 2.26. The molecule has 0 fully saturated rings. The van der Waals surface area contributed by atoms with E-state index in [1.54, 1.807) is 24.8 Å². The minimum Gasteiger partial charge on any atom is -0.388 e. The van der Waals surface area contributed by atoms with Crippen molar-refractivity contribution in [1.82, 2.24) is 9.97 Å². The first-order chi connectivity index (χ1) is 7.75. The minimum atomic E-state index is -0.537. The maximum atomic E-state index is 9.98. The Morgan fingerprint density at radius 2 is 2.12 bits per heavy atom. The highest BCUT2D eigenvalue weighted by molar-refractivity contribution is 9.10. The second-order valence-corrected chi connectivity index (χ2v) is 4.43. The van der Waals surface area contributed by atoms with Crippen molar-refractivity contribution in [3.63, 3.8) is 0 Å². The smallest absolute Gasteiger partial charge is 0.0845 e. The van der Waals surface area contributed by atoms with Gasteiger partial charge in [0, 0.05) is 35.7 Å². The number of aliphatic hydroxyl groups is 1. The van der Waals surface area contributed by atoms with Crippen LogP contribution in [0.1, 0.15) is 17.2 Å². The van der Waals surface area contributed by atoms with Crippen LogP contribution in [-0.4, -0.2) is 15.1 Å². The van der Waals surface area contributed by atoms with Crippen molar-refractivity contribution in [3.05, 3.63) is 58.6 Å². The summed E-state index contributed by atoms with van der Waals surface area (Å²) in [7, 11) is 0. The Hall–Kier alpha value is -1.26. The number of hydrogen-bond acceptors (Lipinski definition) is 3. The zero-order valence-electron chi connectivity index (χ0n) is 8.55. The quantitative estimate of drug-likeness (QED) is 0.939. The number of aliphatic hydroxyl groups excluding tert-OH is 1. The van der Waals surface area contributed by atoms with E-state index in [1.165, 1.54) is 0 Å². The topological polar surface area (TPSA) is 46.0 Å². The first kappa shape index (κ1) is 11.2. The van der Waals surface area contributed by atoms with Crippen LogP contribution in [0.15, 0.2) is 47.5 Å². The fourth-order valence-electron chi connectivity index (χ4n) is 1.48. The monoisotopic (exact) mass is 278 g/mol. The van der Waals surface area contributed by atoms with Crippen molar-refractivity contribution in [1.29, 1.82) is 0 Å². The van der Waals surface area contributed by atoms with Crippen molar-refractivity contribution >= 4 is 15.9 Å². The maximum Gasteiger partial charge on any atom is 0.0845 e. The van der Waals surface area contributed by atoms with Crippen LogP contribution < -0.4 is 0 Å². The predicted molar refractivity (Wildman–Crippen MR) is 64.8 cm³/mol. The first-order valence-electron chi connectivity index (χ1n) is 4.93. The summed E-state index contributed by atoms with van der Waals surface area (Å²) < 4.78 is 0.920. The molecule has 3 nitrogen and oxygen atoms in total. The van der Waals surface area contributed by atoms with Crippen LogP contribution >= 0.6 is 15.9 Å². The molecule has 0 saturated heterocycles. The summed E-state index contributed by atoms with van der Waals surface area (Å²) in [5.74, 6) is 0. The standard InChI is InChI=1S/C12H11BrN2O/c13-11-4-9(6-15-8-11)5-12(16)10-2-1-3-14-7-10/h1-4,6-8,12,16H,5H2. The molecule has 1 atom stereocenters. The summed E-state index contributed by atoms with van der Waals surface area (Å²) in [5.41, 5.74) is 1.81. The molecule has 0 aliphatic rings. The van der Waals surface area contributed by atoms with Crippen LogP contribution in [0, 0.1) is 0 Å². The molecule has 0 aromatic carbocycles. The molecule has 1 unspecified atom stereocenters. The lowest BCUT2D eigenvalue weighted by Crippen LogP contribution is -2.02. The molecule has 16 heavy (non-hydrogen) atoms. The number of halogens is 1. The third-order valence-corrected chi connectivity index (χ3v) is 2.69. The third kappa shape index (κ3) is 2.87. The van der Waals surface area contributed by atoms with E-state index in [4.69, 9.17) is 0 Å². The van der Waals surface area contributed by atoms with Crippen LogP contribution in [0.5, 0.6) is 0 Å². The van der Waals surface area contributed by atoms with Gasteiger partial charge in [-0.15, -0.1) is 0 Å². The summed E-state index contributed by atoms with van der Waals surface area (Å²) in [5, 5.41) is 9.98. The summed E-state index contributed by atoms with van der Waals surface area (Å²) in [4.78, 5) is 8.04. The van der Waals surface area contributed by atoms with Crippen LogP contribution in [0.4, 0.5) is 0 Å². The van der Waals surface area contributed by atoms with Crippen LogP contribution in [0.2, 0.25) is 0 Å². The fraction of sp³-hybridized carbons (Fsp3) is 0.167. The molecule has 2 heterocycles. The highest BCUT2D eigenvalue weighted by Crippen LogP contribution is 2.18. The Morgan fingerprint density at radius 3 is 2.81 bits per heavy atom. The van der Waals surface area contributed by atoms with Gasteiger partial charge in [-0.3, -0.25) is 9.97 Å². The number of aromatic nitrogens is 2. The minimum absolute atomic E-state index is 0.537. The summed E-state index contributed by atoms with van der Waals surface area (Å²) >= 11 is 3.35. The van der Waals surface area contributed by atoms with Gasteiger partial charge in [-0.2, -0.15) is 0 Å². The van der Waals surface area contributed by atoms with E-state index in [0.29, 0.717) is 6.42 Å². The summed E-state index contributed by atoms with van der Waals surface area (Å²) in [6.07, 6.45) is 6.85. The van der Waals surface area contributed by atoms with E-state index in [9.17, 15) is 5.11 Å². The van der Waals surface area contributed by atoms with Gasteiger partial charge in [-0.25, -0.2) is 0 Å². The van der Waals surface area contributed by atoms with Gasteiger partial charge in [0.25, 0.3) is 0 Å². The SMILES string of the molecule is OC(Cc1cncc(Br)c1)c1cccnc1. The number of hydrogen-bond donors (Lipinski definition) is 1. The van der Waals surface area contributed by atoms with E-state index in [0.717, 1.165) is 15.6 Å². The summed E-state index contributed by atoms with van der Waals surface area (Å²) in [6.45, 7) is 0. The Balaban J connectivity index is 2.11. The van der Waals surface area contributed by atoms with E-state index >= 15 is 0 Å². The highest BCUT2D eigenvalue weighted by atomic mass is 79.9. The summed E-state index contributed by atoms with van der Waals surface area (Å²) in [6, 6.07) is 5.63. The van der Waals surface area contributed by atoms with E-state index in [1.807, 2.05) is 18.2 Å². The zero-order chi connectivity index (χ0) is 11.4. The zero-order valence-corrected chi connectivity index (χ0v) is 10.1.